The molecule has 0 aliphatic heterocycles. The molecule has 2 N–H and O–H groups in total. The fourth-order valence-electron chi connectivity index (χ4n) is 3.81. The number of carbonyl (C=O) groups is 2. The highest BCUT2D eigenvalue weighted by atomic mass is 35.5. The molecule has 2 amide bonds. The second-order valence-electron chi connectivity index (χ2n) is 8.04. The lowest BCUT2D eigenvalue weighted by molar-refractivity contribution is -0.115. The van der Waals surface area contributed by atoms with Gasteiger partial charge >= 0.3 is 0 Å². The fourth-order valence-corrected chi connectivity index (χ4v) is 4.83. The third kappa shape index (κ3) is 5.27. The number of rotatable bonds is 6. The summed E-state index contributed by atoms with van der Waals surface area (Å²) in [5.41, 5.74) is 2.37. The Morgan fingerprint density at radius 3 is 2.36 bits per heavy atom. The summed E-state index contributed by atoms with van der Waals surface area (Å²) in [5.74, 6) is -0.951. The van der Waals surface area contributed by atoms with Gasteiger partial charge in [0, 0.05) is 16.1 Å². The van der Waals surface area contributed by atoms with Crippen molar-refractivity contribution in [2.24, 2.45) is 0 Å². The van der Waals surface area contributed by atoms with Gasteiger partial charge in [-0.2, -0.15) is 0 Å². The molecule has 178 valence electrons. The van der Waals surface area contributed by atoms with E-state index in [-0.39, 0.29) is 24.1 Å². The predicted molar refractivity (Wildman–Crippen MR) is 143 cm³/mol. The van der Waals surface area contributed by atoms with E-state index in [2.05, 4.69) is 15.6 Å². The van der Waals surface area contributed by atoms with E-state index in [0.717, 1.165) is 27.7 Å². The van der Waals surface area contributed by atoms with E-state index >= 15 is 0 Å². The van der Waals surface area contributed by atoms with Crippen molar-refractivity contribution in [2.75, 3.05) is 10.6 Å². The Kier molecular flexibility index (Phi) is 6.75. The fraction of sp³-hybridized carbons (Fsp3) is 0.0357. The van der Waals surface area contributed by atoms with Crippen LogP contribution in [-0.4, -0.2) is 16.8 Å². The summed E-state index contributed by atoms with van der Waals surface area (Å²) >= 11 is 7.06. The zero-order chi connectivity index (χ0) is 25.1. The van der Waals surface area contributed by atoms with Gasteiger partial charge in [0.05, 0.1) is 6.42 Å². The molecule has 5 aromatic rings. The number of carbonyl (C=O) groups excluding carboxylic acids is 2. The number of anilines is 2. The van der Waals surface area contributed by atoms with E-state index in [1.165, 1.54) is 12.1 Å². The maximum atomic E-state index is 13.5. The van der Waals surface area contributed by atoms with Gasteiger partial charge < -0.3 is 10.6 Å². The lowest BCUT2D eigenvalue weighted by atomic mass is 10.0. The van der Waals surface area contributed by atoms with Crippen molar-refractivity contribution in [3.63, 3.8) is 0 Å². The predicted octanol–water partition coefficient (Wildman–Crippen LogP) is 7.19. The Hall–Kier alpha value is -4.07. The Balaban J connectivity index is 1.44. The standard InChI is InChI=1S/C28H19ClFN3O2S/c29-20-12-8-17(9-13-20)16-24(34)31-28-32-25(19-10-14-21(30)15-11-19)27(36-28)33-26(35)23-7-3-5-18-4-1-2-6-22(18)23/h1-15H,16H2,(H,33,35)(H,31,32,34). The van der Waals surface area contributed by atoms with Crippen LogP contribution in [0.25, 0.3) is 22.0 Å². The molecule has 0 aliphatic rings. The molecule has 0 radical (unpaired) electrons. The topological polar surface area (TPSA) is 71.1 Å². The number of fused-ring (bicyclic) bond motifs is 1. The Morgan fingerprint density at radius 1 is 0.861 bits per heavy atom. The number of hydrogen-bond acceptors (Lipinski definition) is 4. The Morgan fingerprint density at radius 2 is 1.58 bits per heavy atom. The monoisotopic (exact) mass is 515 g/mol. The number of aromatic nitrogens is 1. The SMILES string of the molecule is O=C(Cc1ccc(Cl)cc1)Nc1nc(-c2ccc(F)cc2)c(NC(=O)c2cccc3ccccc23)s1. The lowest BCUT2D eigenvalue weighted by Gasteiger charge is -2.08. The van der Waals surface area contributed by atoms with Gasteiger partial charge in [0.15, 0.2) is 5.13 Å². The van der Waals surface area contributed by atoms with Crippen LogP contribution in [0.5, 0.6) is 0 Å². The summed E-state index contributed by atoms with van der Waals surface area (Å²) in [5, 5.41) is 8.87. The summed E-state index contributed by atoms with van der Waals surface area (Å²) in [6, 6.07) is 26.0. The molecule has 0 saturated carbocycles. The highest BCUT2D eigenvalue weighted by molar-refractivity contribution is 7.20. The Bertz CT molecular complexity index is 1560. The first-order chi connectivity index (χ1) is 17.5. The second-order valence-corrected chi connectivity index (χ2v) is 9.47. The van der Waals surface area contributed by atoms with Gasteiger partial charge in [0.2, 0.25) is 5.91 Å². The molecule has 0 bridgehead atoms. The van der Waals surface area contributed by atoms with Gasteiger partial charge in [0.1, 0.15) is 16.5 Å². The molecule has 0 atom stereocenters. The number of benzene rings is 4. The molecule has 4 aromatic carbocycles. The van der Waals surface area contributed by atoms with Gasteiger partial charge in [-0.1, -0.05) is 71.5 Å². The summed E-state index contributed by atoms with van der Waals surface area (Å²) in [4.78, 5) is 30.5. The minimum Gasteiger partial charge on any atom is -0.312 e. The number of amides is 2. The van der Waals surface area contributed by atoms with E-state index in [0.29, 0.717) is 32.0 Å². The number of hydrogen-bond donors (Lipinski definition) is 2. The summed E-state index contributed by atoms with van der Waals surface area (Å²) < 4.78 is 13.5. The van der Waals surface area contributed by atoms with E-state index in [1.54, 1.807) is 42.5 Å². The van der Waals surface area contributed by atoms with Crippen molar-refractivity contribution < 1.29 is 14.0 Å². The van der Waals surface area contributed by atoms with Crippen molar-refractivity contribution in [1.82, 2.24) is 4.98 Å². The first kappa shape index (κ1) is 23.7. The molecule has 0 aliphatic carbocycles. The molecule has 8 heteroatoms. The molecule has 0 saturated heterocycles. The van der Waals surface area contributed by atoms with Crippen molar-refractivity contribution in [1.29, 1.82) is 0 Å². The van der Waals surface area contributed by atoms with Crippen molar-refractivity contribution in [3.05, 3.63) is 113 Å². The maximum Gasteiger partial charge on any atom is 0.256 e. The molecule has 36 heavy (non-hydrogen) atoms. The van der Waals surface area contributed by atoms with Crippen LogP contribution in [0, 0.1) is 5.82 Å². The Labute approximate surface area is 215 Å². The molecule has 1 heterocycles. The van der Waals surface area contributed by atoms with Crippen molar-refractivity contribution >= 4 is 55.7 Å². The van der Waals surface area contributed by atoms with Gasteiger partial charge in [-0.25, -0.2) is 9.37 Å². The number of nitrogens with zero attached hydrogens (tertiary/aromatic N) is 1. The number of nitrogens with one attached hydrogen (secondary N) is 2. The van der Waals surface area contributed by atoms with Gasteiger partial charge in [0.25, 0.3) is 5.91 Å². The zero-order valence-electron chi connectivity index (χ0n) is 18.8. The van der Waals surface area contributed by atoms with Crippen LogP contribution >= 0.6 is 22.9 Å². The molecule has 5 nitrogen and oxygen atoms in total. The van der Waals surface area contributed by atoms with Crippen molar-refractivity contribution in [2.45, 2.75) is 6.42 Å². The van der Waals surface area contributed by atoms with Gasteiger partial charge in [-0.05, 0) is 58.8 Å². The highest BCUT2D eigenvalue weighted by Gasteiger charge is 2.19. The minimum absolute atomic E-state index is 0.139. The average molecular weight is 516 g/mol. The lowest BCUT2D eigenvalue weighted by Crippen LogP contribution is -2.14. The van der Waals surface area contributed by atoms with E-state index in [9.17, 15) is 14.0 Å². The van der Waals surface area contributed by atoms with Crippen LogP contribution in [0.4, 0.5) is 14.5 Å². The van der Waals surface area contributed by atoms with Gasteiger partial charge in [-0.3, -0.25) is 9.59 Å². The minimum atomic E-state index is -0.383. The van der Waals surface area contributed by atoms with Crippen LogP contribution in [-0.2, 0) is 11.2 Å². The third-order valence-corrected chi connectivity index (χ3v) is 6.67. The average Bonchev–Trinajstić information content (AvgIpc) is 3.27. The van der Waals surface area contributed by atoms with Crippen LogP contribution in [0.1, 0.15) is 15.9 Å². The van der Waals surface area contributed by atoms with E-state index in [4.69, 9.17) is 11.6 Å². The molecule has 1 aromatic heterocycles. The largest absolute Gasteiger partial charge is 0.312 e. The van der Waals surface area contributed by atoms with Crippen LogP contribution in [0.15, 0.2) is 91.0 Å². The normalized spacial score (nSPS) is 10.8. The van der Waals surface area contributed by atoms with E-state index < -0.39 is 0 Å². The van der Waals surface area contributed by atoms with Crippen LogP contribution in [0.2, 0.25) is 5.02 Å². The highest BCUT2D eigenvalue weighted by Crippen LogP contribution is 2.36. The molecular formula is C28H19ClFN3O2S. The zero-order valence-corrected chi connectivity index (χ0v) is 20.4. The quantitative estimate of drug-likeness (QED) is 0.251. The smallest absolute Gasteiger partial charge is 0.256 e. The summed E-state index contributed by atoms with van der Waals surface area (Å²) in [6.45, 7) is 0. The van der Waals surface area contributed by atoms with Crippen LogP contribution < -0.4 is 10.6 Å². The molecule has 5 rings (SSSR count). The number of halogens is 2. The molecule has 0 fully saturated rings. The van der Waals surface area contributed by atoms with Crippen molar-refractivity contribution in [3.8, 4) is 11.3 Å². The molecular weight excluding hydrogens is 497 g/mol. The molecule has 0 spiro atoms. The number of thiazole rings is 1. The first-order valence-corrected chi connectivity index (χ1v) is 12.3. The van der Waals surface area contributed by atoms with E-state index in [1.807, 2.05) is 36.4 Å². The second kappa shape index (κ2) is 10.3. The maximum absolute atomic E-state index is 13.5. The summed E-state index contributed by atoms with van der Waals surface area (Å²) in [6.07, 6.45) is 0.139. The van der Waals surface area contributed by atoms with Crippen LogP contribution in [0.3, 0.4) is 0 Å². The first-order valence-electron chi connectivity index (χ1n) is 11.1. The third-order valence-electron chi connectivity index (χ3n) is 5.53. The van der Waals surface area contributed by atoms with Gasteiger partial charge in [-0.15, -0.1) is 0 Å². The molecule has 0 unspecified atom stereocenters. The summed E-state index contributed by atoms with van der Waals surface area (Å²) in [7, 11) is 0.